The number of carbonyl (C=O) groups excluding carboxylic acids is 2. The molecule has 0 aliphatic carbocycles. The van der Waals surface area contributed by atoms with Crippen LogP contribution in [0.1, 0.15) is 43.5 Å². The molecule has 3 heteroatoms. The summed E-state index contributed by atoms with van der Waals surface area (Å²) in [5.74, 6) is -0.174. The molecular weight excluding hydrogens is 240 g/mol. The molecule has 0 unspecified atom stereocenters. The number of hydrogen-bond donors (Lipinski definition) is 0. The van der Waals surface area contributed by atoms with Gasteiger partial charge in [0.15, 0.2) is 5.78 Å². The maximum Gasteiger partial charge on any atom is 0.302 e. The molecule has 1 aromatic carbocycles. The molecule has 19 heavy (non-hydrogen) atoms. The van der Waals surface area contributed by atoms with Gasteiger partial charge in [-0.1, -0.05) is 36.4 Å². The number of allylic oxidation sites excluding steroid dienone is 2. The number of ketones is 1. The van der Waals surface area contributed by atoms with Gasteiger partial charge in [0.2, 0.25) is 0 Å². The van der Waals surface area contributed by atoms with Gasteiger partial charge >= 0.3 is 5.97 Å². The maximum atomic E-state index is 12.0. The summed E-state index contributed by atoms with van der Waals surface area (Å²) in [6.07, 6.45) is 4.50. The average molecular weight is 260 g/mol. The first-order chi connectivity index (χ1) is 9.11. The van der Waals surface area contributed by atoms with E-state index in [-0.39, 0.29) is 11.8 Å². The summed E-state index contributed by atoms with van der Waals surface area (Å²) in [5.41, 5.74) is 1.48. The lowest BCUT2D eigenvalue weighted by Gasteiger charge is -2.02. The lowest BCUT2D eigenvalue weighted by molar-refractivity contribution is -0.141. The van der Waals surface area contributed by atoms with E-state index in [4.69, 9.17) is 4.74 Å². The number of esters is 1. The first-order valence-corrected chi connectivity index (χ1v) is 6.51. The Bertz CT molecular complexity index is 446. The van der Waals surface area contributed by atoms with E-state index in [0.717, 1.165) is 30.4 Å². The summed E-state index contributed by atoms with van der Waals surface area (Å²) in [7, 11) is 0. The van der Waals surface area contributed by atoms with Gasteiger partial charge in [-0.15, -0.1) is 0 Å². The van der Waals surface area contributed by atoms with Crippen LogP contribution in [0.2, 0.25) is 0 Å². The summed E-state index contributed by atoms with van der Waals surface area (Å²) >= 11 is 0. The third-order valence-corrected chi connectivity index (χ3v) is 2.75. The second kappa shape index (κ2) is 8.25. The van der Waals surface area contributed by atoms with Crippen LogP contribution in [0.3, 0.4) is 0 Å². The van der Waals surface area contributed by atoms with Crippen molar-refractivity contribution in [3.8, 4) is 0 Å². The fraction of sp³-hybridized carbons (Fsp3) is 0.375. The van der Waals surface area contributed by atoms with Crippen LogP contribution in [0.5, 0.6) is 0 Å². The number of ether oxygens (including phenoxy) is 1. The molecule has 0 fully saturated rings. The predicted molar refractivity (Wildman–Crippen MR) is 75.0 cm³/mol. The van der Waals surface area contributed by atoms with E-state index < -0.39 is 0 Å². The second-order valence-electron chi connectivity index (χ2n) is 4.42. The predicted octanol–water partition coefficient (Wildman–Crippen LogP) is 3.55. The molecule has 1 rings (SSSR count). The Labute approximate surface area is 114 Å². The van der Waals surface area contributed by atoms with Gasteiger partial charge in [-0.3, -0.25) is 9.59 Å². The van der Waals surface area contributed by atoms with Crippen molar-refractivity contribution >= 4 is 11.8 Å². The van der Waals surface area contributed by atoms with E-state index in [0.29, 0.717) is 6.61 Å². The largest absolute Gasteiger partial charge is 0.466 e. The van der Waals surface area contributed by atoms with Crippen LogP contribution in [0.25, 0.3) is 0 Å². The Kier molecular flexibility index (Phi) is 6.58. The van der Waals surface area contributed by atoms with Crippen LogP contribution >= 0.6 is 0 Å². The summed E-state index contributed by atoms with van der Waals surface area (Å²) in [5, 5.41) is 0. The van der Waals surface area contributed by atoms with Crippen molar-refractivity contribution in [1.82, 2.24) is 0 Å². The van der Waals surface area contributed by atoms with Crippen LogP contribution < -0.4 is 0 Å². The van der Waals surface area contributed by atoms with Crippen molar-refractivity contribution in [3.05, 3.63) is 47.5 Å². The highest BCUT2D eigenvalue weighted by Crippen LogP contribution is 2.09. The summed E-state index contributed by atoms with van der Waals surface area (Å²) in [6.45, 7) is 3.69. The van der Waals surface area contributed by atoms with Crippen molar-refractivity contribution in [2.75, 3.05) is 6.61 Å². The monoisotopic (exact) mass is 260 g/mol. The minimum atomic E-state index is -0.244. The molecule has 0 bridgehead atoms. The summed E-state index contributed by atoms with van der Waals surface area (Å²) in [6, 6.07) is 9.25. The minimum Gasteiger partial charge on any atom is -0.466 e. The number of rotatable bonds is 7. The lowest BCUT2D eigenvalue weighted by atomic mass is 10.0. The molecule has 3 nitrogen and oxygen atoms in total. The first kappa shape index (κ1) is 15.2. The number of hydrogen-bond acceptors (Lipinski definition) is 3. The molecule has 0 saturated carbocycles. The van der Waals surface area contributed by atoms with E-state index in [1.54, 1.807) is 0 Å². The van der Waals surface area contributed by atoms with Crippen molar-refractivity contribution in [1.29, 1.82) is 0 Å². The third-order valence-electron chi connectivity index (χ3n) is 2.75. The van der Waals surface area contributed by atoms with Crippen molar-refractivity contribution in [2.45, 2.75) is 33.1 Å². The van der Waals surface area contributed by atoms with Gasteiger partial charge in [0.05, 0.1) is 6.61 Å². The molecule has 0 heterocycles. The van der Waals surface area contributed by atoms with Gasteiger partial charge in [0.1, 0.15) is 0 Å². The van der Waals surface area contributed by atoms with E-state index in [1.807, 2.05) is 43.3 Å². The smallest absolute Gasteiger partial charge is 0.302 e. The van der Waals surface area contributed by atoms with E-state index in [2.05, 4.69) is 0 Å². The second-order valence-corrected chi connectivity index (χ2v) is 4.42. The van der Waals surface area contributed by atoms with Crippen molar-refractivity contribution < 1.29 is 14.3 Å². The van der Waals surface area contributed by atoms with Gasteiger partial charge in [-0.05, 0) is 31.8 Å². The molecule has 0 radical (unpaired) electrons. The molecule has 0 aromatic heterocycles. The van der Waals surface area contributed by atoms with E-state index >= 15 is 0 Å². The van der Waals surface area contributed by atoms with E-state index in [1.165, 1.54) is 6.92 Å². The van der Waals surface area contributed by atoms with Crippen molar-refractivity contribution in [3.63, 3.8) is 0 Å². The molecule has 1 aromatic rings. The fourth-order valence-corrected chi connectivity index (χ4v) is 1.69. The Morgan fingerprint density at radius 1 is 1.11 bits per heavy atom. The molecule has 0 aliphatic rings. The van der Waals surface area contributed by atoms with Gasteiger partial charge in [-0.2, -0.15) is 0 Å². The molecule has 0 atom stereocenters. The summed E-state index contributed by atoms with van der Waals surface area (Å²) < 4.78 is 4.84. The fourth-order valence-electron chi connectivity index (χ4n) is 1.69. The Morgan fingerprint density at radius 3 is 2.42 bits per heavy atom. The molecule has 0 aliphatic heterocycles. The number of unbranched alkanes of at least 4 members (excludes halogenated alkanes) is 2. The first-order valence-electron chi connectivity index (χ1n) is 6.51. The van der Waals surface area contributed by atoms with E-state index in [9.17, 15) is 9.59 Å². The molecule has 0 N–H and O–H groups in total. The minimum absolute atomic E-state index is 0.0700. The number of benzene rings is 1. The zero-order valence-electron chi connectivity index (χ0n) is 11.5. The highest BCUT2D eigenvalue weighted by atomic mass is 16.5. The van der Waals surface area contributed by atoms with Crippen LogP contribution in [0.4, 0.5) is 0 Å². The quantitative estimate of drug-likeness (QED) is 0.326. The lowest BCUT2D eigenvalue weighted by Crippen LogP contribution is -2.01. The topological polar surface area (TPSA) is 43.4 Å². The number of Topliss-reactive ketones (excluding diaryl/α,β-unsaturated/α-hetero) is 1. The summed E-state index contributed by atoms with van der Waals surface area (Å²) in [4.78, 5) is 22.6. The van der Waals surface area contributed by atoms with Crippen LogP contribution in [0.15, 0.2) is 42.0 Å². The highest BCUT2D eigenvalue weighted by molar-refractivity contribution is 6.08. The van der Waals surface area contributed by atoms with Gasteiger partial charge in [0, 0.05) is 12.5 Å². The Hall–Kier alpha value is -1.90. The van der Waals surface area contributed by atoms with Crippen LogP contribution in [-0.2, 0) is 9.53 Å². The van der Waals surface area contributed by atoms with Gasteiger partial charge in [-0.25, -0.2) is 0 Å². The molecule has 0 spiro atoms. The van der Waals surface area contributed by atoms with Crippen LogP contribution in [-0.4, -0.2) is 18.4 Å². The molecule has 0 amide bonds. The molecule has 102 valence electrons. The Balaban J connectivity index is 2.33. The Morgan fingerprint density at radius 2 is 1.79 bits per heavy atom. The molecule has 0 saturated heterocycles. The highest BCUT2D eigenvalue weighted by Gasteiger charge is 2.06. The third kappa shape index (κ3) is 6.00. The van der Waals surface area contributed by atoms with Gasteiger partial charge < -0.3 is 4.74 Å². The number of carbonyl (C=O) groups is 2. The zero-order valence-corrected chi connectivity index (χ0v) is 11.5. The zero-order chi connectivity index (χ0) is 14.1. The SMILES string of the molecule is CC(=O)OCCCC/C=C(/C)C(=O)c1ccccc1. The maximum absolute atomic E-state index is 12.0. The normalized spacial score (nSPS) is 11.2. The standard InChI is InChI=1S/C16H20O3/c1-13(9-5-4-8-12-19-14(2)17)16(18)15-10-6-3-7-11-15/h3,6-7,9-11H,4-5,8,12H2,1-2H3/b13-9-. The molecular formula is C16H20O3. The van der Waals surface area contributed by atoms with Crippen LogP contribution in [0, 0.1) is 0 Å². The average Bonchev–Trinajstić information content (AvgIpc) is 2.42. The van der Waals surface area contributed by atoms with Gasteiger partial charge in [0.25, 0.3) is 0 Å². The van der Waals surface area contributed by atoms with Crippen molar-refractivity contribution in [2.24, 2.45) is 0 Å².